The molecule has 0 saturated carbocycles. The largest absolute Gasteiger partial charge is 0.515 e. The maximum atomic E-state index is 7.83. The molecule has 0 amide bonds. The molecular weight excluding hydrogens is 64.0 g/mol. The van der Waals surface area contributed by atoms with E-state index in [1.807, 2.05) is 6.92 Å². The number of aliphatic hydroxyl groups excluding tert-OH is 1. The first-order chi connectivity index (χ1) is 2.41. The molecule has 0 atom stereocenters. The Kier molecular flexibility index (Phi) is 3.21. The molecule has 1 heteroatoms. The molecule has 0 unspecified atom stereocenters. The molecule has 0 spiro atoms. The molecule has 29 valence electrons. The lowest BCUT2D eigenvalue weighted by Gasteiger charge is -1.64. The fourth-order valence-corrected chi connectivity index (χ4v) is 0.0913. The van der Waals surface area contributed by atoms with Crippen molar-refractivity contribution in [2.24, 2.45) is 0 Å². The summed E-state index contributed by atoms with van der Waals surface area (Å²) in [6.07, 6.45) is 4.26. The van der Waals surface area contributed by atoms with E-state index >= 15 is 0 Å². The van der Waals surface area contributed by atoms with Gasteiger partial charge in [-0.3, -0.25) is 0 Å². The number of aliphatic hydroxyl groups is 1. The van der Waals surface area contributed by atoms with Crippen LogP contribution >= 0.6 is 0 Å². The van der Waals surface area contributed by atoms with Gasteiger partial charge in [-0.05, 0) is 12.5 Å². The highest BCUT2D eigenvalue weighted by atomic mass is 16.2. The van der Waals surface area contributed by atoms with Gasteiger partial charge in [0, 0.05) is 0 Å². The number of allylic oxidation sites excluding steroid dienone is 1. The predicted molar refractivity (Wildman–Crippen MR) is 20.7 cm³/mol. The molecule has 0 fully saturated rings. The van der Waals surface area contributed by atoms with E-state index < -0.39 is 0 Å². The first kappa shape index (κ1) is 4.54. The van der Waals surface area contributed by atoms with E-state index in [4.69, 9.17) is 5.11 Å². The quantitative estimate of drug-likeness (QED) is 0.461. The van der Waals surface area contributed by atoms with Crippen molar-refractivity contribution in [3.63, 3.8) is 0 Å². The van der Waals surface area contributed by atoms with Crippen LogP contribution in [0, 0.1) is 6.08 Å². The second kappa shape index (κ2) is 3.54. The Bertz CT molecular complexity index is 30.6. The van der Waals surface area contributed by atoms with E-state index in [-0.39, 0.29) is 0 Å². The van der Waals surface area contributed by atoms with Crippen LogP contribution in [-0.4, -0.2) is 5.11 Å². The van der Waals surface area contributed by atoms with Crippen LogP contribution in [-0.2, 0) is 0 Å². The van der Waals surface area contributed by atoms with E-state index in [1.165, 1.54) is 0 Å². The Morgan fingerprint density at radius 2 is 2.60 bits per heavy atom. The summed E-state index contributed by atoms with van der Waals surface area (Å²) in [7, 11) is 0. The molecule has 1 N–H and O–H groups in total. The average Bonchev–Trinajstić information content (AvgIpc) is 1.41. The number of rotatable bonds is 1. The third kappa shape index (κ3) is 3.54. The SMILES string of the molecule is CC/[C]=C/O. The molecule has 0 aromatic carbocycles. The highest BCUT2D eigenvalue weighted by Crippen LogP contribution is 1.69. The first-order valence-electron chi connectivity index (χ1n) is 1.61. The second-order valence-electron chi connectivity index (χ2n) is 0.687. The molecule has 0 aliphatic heterocycles. The highest BCUT2D eigenvalue weighted by Gasteiger charge is 1.55. The molecule has 0 bridgehead atoms. The van der Waals surface area contributed by atoms with Crippen molar-refractivity contribution in [3.05, 3.63) is 12.3 Å². The van der Waals surface area contributed by atoms with Crippen molar-refractivity contribution in [2.45, 2.75) is 13.3 Å². The van der Waals surface area contributed by atoms with Gasteiger partial charge in [-0.25, -0.2) is 0 Å². The van der Waals surface area contributed by atoms with E-state index in [2.05, 4.69) is 6.08 Å². The van der Waals surface area contributed by atoms with Gasteiger partial charge in [-0.15, -0.1) is 0 Å². The van der Waals surface area contributed by atoms with Gasteiger partial charge >= 0.3 is 0 Å². The van der Waals surface area contributed by atoms with E-state index in [0.29, 0.717) is 0 Å². The zero-order valence-corrected chi connectivity index (χ0v) is 3.23. The summed E-state index contributed by atoms with van der Waals surface area (Å²) in [5.74, 6) is 0. The van der Waals surface area contributed by atoms with Crippen LogP contribution < -0.4 is 0 Å². The van der Waals surface area contributed by atoms with Crippen molar-refractivity contribution in [2.75, 3.05) is 0 Å². The van der Waals surface area contributed by atoms with Gasteiger partial charge in [0.1, 0.15) is 0 Å². The summed E-state index contributed by atoms with van der Waals surface area (Å²) in [6, 6.07) is 0. The molecular formula is C4H7O. The topological polar surface area (TPSA) is 20.2 Å². The van der Waals surface area contributed by atoms with Crippen molar-refractivity contribution in [1.82, 2.24) is 0 Å². The smallest absolute Gasteiger partial charge is 0.0827 e. The molecule has 1 radical (unpaired) electrons. The lowest BCUT2D eigenvalue weighted by molar-refractivity contribution is 0.468. The van der Waals surface area contributed by atoms with Crippen LogP contribution in [0.15, 0.2) is 6.26 Å². The van der Waals surface area contributed by atoms with Gasteiger partial charge in [-0.2, -0.15) is 0 Å². The van der Waals surface area contributed by atoms with Gasteiger partial charge in [-0.1, -0.05) is 6.92 Å². The van der Waals surface area contributed by atoms with Crippen LogP contribution in [0.3, 0.4) is 0 Å². The number of hydrogen-bond donors (Lipinski definition) is 1. The standard InChI is InChI=1S/C4H7O/c1-2-3-4-5/h4-5H,2H2,1H3. The minimum absolute atomic E-state index is 0.788. The lowest BCUT2D eigenvalue weighted by atomic mass is 10.5. The fraction of sp³-hybridized carbons (Fsp3) is 0.500. The Balaban J connectivity index is 2.62. The summed E-state index contributed by atoms with van der Waals surface area (Å²) in [6.45, 7) is 1.91. The summed E-state index contributed by atoms with van der Waals surface area (Å²) >= 11 is 0. The third-order valence-corrected chi connectivity index (χ3v) is 0.295. The maximum Gasteiger partial charge on any atom is 0.0827 e. The molecule has 0 aromatic rings. The Morgan fingerprint density at radius 3 is 2.60 bits per heavy atom. The second-order valence-corrected chi connectivity index (χ2v) is 0.687. The van der Waals surface area contributed by atoms with Crippen molar-refractivity contribution in [3.8, 4) is 0 Å². The number of hydrogen-bond acceptors (Lipinski definition) is 1. The molecule has 0 aromatic heterocycles. The minimum Gasteiger partial charge on any atom is -0.515 e. The van der Waals surface area contributed by atoms with E-state index in [1.54, 1.807) is 0 Å². The van der Waals surface area contributed by atoms with Gasteiger partial charge in [0.25, 0.3) is 0 Å². The Morgan fingerprint density at radius 1 is 2.00 bits per heavy atom. The normalized spacial score (nSPS) is 9.80. The van der Waals surface area contributed by atoms with E-state index in [0.717, 1.165) is 12.7 Å². The predicted octanol–water partition coefficient (Wildman–Crippen LogP) is 1.27. The molecule has 0 heterocycles. The van der Waals surface area contributed by atoms with Crippen LogP contribution in [0.2, 0.25) is 0 Å². The molecule has 5 heavy (non-hydrogen) atoms. The summed E-state index contributed by atoms with van der Waals surface area (Å²) < 4.78 is 0. The molecule has 0 aliphatic carbocycles. The zero-order chi connectivity index (χ0) is 4.12. The van der Waals surface area contributed by atoms with Gasteiger partial charge in [0.2, 0.25) is 0 Å². The van der Waals surface area contributed by atoms with Gasteiger partial charge in [0.15, 0.2) is 0 Å². The monoisotopic (exact) mass is 71.0 g/mol. The molecule has 0 saturated heterocycles. The highest BCUT2D eigenvalue weighted by molar-refractivity contribution is 4.55. The van der Waals surface area contributed by atoms with Gasteiger partial charge < -0.3 is 5.11 Å². The zero-order valence-electron chi connectivity index (χ0n) is 3.23. The summed E-state index contributed by atoms with van der Waals surface area (Å²) in [5, 5.41) is 7.83. The van der Waals surface area contributed by atoms with Gasteiger partial charge in [0.05, 0.1) is 6.26 Å². The van der Waals surface area contributed by atoms with Crippen LogP contribution in [0.5, 0.6) is 0 Å². The first-order valence-corrected chi connectivity index (χ1v) is 1.61. The van der Waals surface area contributed by atoms with E-state index in [9.17, 15) is 0 Å². The minimum atomic E-state index is 0.788. The van der Waals surface area contributed by atoms with Crippen molar-refractivity contribution >= 4 is 0 Å². The fourth-order valence-electron chi connectivity index (χ4n) is 0.0913. The van der Waals surface area contributed by atoms with Crippen LogP contribution in [0.4, 0.5) is 0 Å². The summed E-state index contributed by atoms with van der Waals surface area (Å²) in [4.78, 5) is 0. The average molecular weight is 71.1 g/mol. The molecule has 0 rings (SSSR count). The van der Waals surface area contributed by atoms with Crippen molar-refractivity contribution < 1.29 is 5.11 Å². The molecule has 0 aliphatic rings. The lowest BCUT2D eigenvalue weighted by Crippen LogP contribution is -1.50. The van der Waals surface area contributed by atoms with Crippen LogP contribution in [0.1, 0.15) is 13.3 Å². The molecule has 1 nitrogen and oxygen atoms in total. The van der Waals surface area contributed by atoms with Crippen LogP contribution in [0.25, 0.3) is 0 Å². The third-order valence-electron chi connectivity index (χ3n) is 0.295. The summed E-state index contributed by atoms with van der Waals surface area (Å²) in [5.41, 5.74) is 0. The maximum absolute atomic E-state index is 7.83. The Labute approximate surface area is 31.9 Å². The Hall–Kier alpha value is -0.460. The van der Waals surface area contributed by atoms with Crippen molar-refractivity contribution in [1.29, 1.82) is 0 Å².